The summed E-state index contributed by atoms with van der Waals surface area (Å²) < 4.78 is 0. The minimum Gasteiger partial charge on any atom is -0.324 e. The maximum Gasteiger partial charge on any atom is 0.244 e. The zero-order valence-corrected chi connectivity index (χ0v) is 12.3. The average Bonchev–Trinajstić information content (AvgIpc) is 2.89. The second kappa shape index (κ2) is 6.25. The van der Waals surface area contributed by atoms with Crippen LogP contribution in [-0.4, -0.2) is 18.0 Å². The summed E-state index contributed by atoms with van der Waals surface area (Å²) in [5.41, 5.74) is 0.574. The molecule has 2 rings (SSSR count). The van der Waals surface area contributed by atoms with Crippen molar-refractivity contribution < 1.29 is 4.79 Å². The number of nitriles is 1. The van der Waals surface area contributed by atoms with Gasteiger partial charge in [0.15, 0.2) is 0 Å². The molecule has 1 heterocycles. The number of benzene rings is 1. The molecule has 0 aliphatic carbocycles. The van der Waals surface area contributed by atoms with Gasteiger partial charge in [-0.1, -0.05) is 24.9 Å². The quantitative estimate of drug-likeness (QED) is 0.896. The molecule has 1 amide bonds. The van der Waals surface area contributed by atoms with E-state index in [-0.39, 0.29) is 5.91 Å². The van der Waals surface area contributed by atoms with Gasteiger partial charge >= 0.3 is 0 Å². The molecule has 0 radical (unpaired) electrons. The van der Waals surface area contributed by atoms with Gasteiger partial charge in [-0.2, -0.15) is 5.26 Å². The van der Waals surface area contributed by atoms with E-state index in [1.807, 2.05) is 6.07 Å². The van der Waals surface area contributed by atoms with Crippen LogP contribution in [0.1, 0.15) is 38.2 Å². The molecule has 5 heteroatoms. The standard InChI is InChI=1S/C15H18ClN3O/c1-2-6-15(7-3-8-18-15)14(20)19-12-5-4-11(10-17)13(16)9-12/h4-5,9,18H,2-3,6-8H2,1H3,(H,19,20). The molecular weight excluding hydrogens is 274 g/mol. The summed E-state index contributed by atoms with van der Waals surface area (Å²) in [6.07, 6.45) is 3.65. The number of nitrogens with zero attached hydrogens (tertiary/aromatic N) is 1. The van der Waals surface area contributed by atoms with Crippen LogP contribution in [0.15, 0.2) is 18.2 Å². The second-order valence-corrected chi connectivity index (χ2v) is 5.53. The number of anilines is 1. The fourth-order valence-corrected chi connectivity index (χ4v) is 2.91. The van der Waals surface area contributed by atoms with Crippen LogP contribution < -0.4 is 10.6 Å². The summed E-state index contributed by atoms with van der Waals surface area (Å²) in [5, 5.41) is 15.4. The lowest BCUT2D eigenvalue weighted by Crippen LogP contribution is -2.50. The molecule has 106 valence electrons. The van der Waals surface area contributed by atoms with E-state index in [2.05, 4.69) is 17.6 Å². The molecule has 1 saturated heterocycles. The van der Waals surface area contributed by atoms with Gasteiger partial charge in [0.2, 0.25) is 5.91 Å². The highest BCUT2D eigenvalue weighted by Crippen LogP contribution is 2.27. The Morgan fingerprint density at radius 1 is 1.60 bits per heavy atom. The number of nitrogens with one attached hydrogen (secondary N) is 2. The van der Waals surface area contributed by atoms with E-state index < -0.39 is 5.54 Å². The van der Waals surface area contributed by atoms with Crippen molar-refractivity contribution in [1.82, 2.24) is 5.32 Å². The van der Waals surface area contributed by atoms with Crippen LogP contribution in [0.3, 0.4) is 0 Å². The van der Waals surface area contributed by atoms with Crippen molar-refractivity contribution in [1.29, 1.82) is 5.26 Å². The van der Waals surface area contributed by atoms with Crippen molar-refractivity contribution in [2.45, 2.75) is 38.1 Å². The fraction of sp³-hybridized carbons (Fsp3) is 0.467. The molecule has 1 aromatic rings. The lowest BCUT2D eigenvalue weighted by atomic mass is 9.91. The number of hydrogen-bond acceptors (Lipinski definition) is 3. The number of carbonyl (C=O) groups excluding carboxylic acids is 1. The number of carbonyl (C=O) groups is 1. The Hall–Kier alpha value is -1.57. The van der Waals surface area contributed by atoms with Crippen molar-refractivity contribution in [3.8, 4) is 6.07 Å². The maximum atomic E-state index is 12.5. The number of rotatable bonds is 4. The Morgan fingerprint density at radius 2 is 2.40 bits per heavy atom. The van der Waals surface area contributed by atoms with Crippen molar-refractivity contribution in [3.63, 3.8) is 0 Å². The molecule has 1 fully saturated rings. The van der Waals surface area contributed by atoms with E-state index in [1.54, 1.807) is 18.2 Å². The van der Waals surface area contributed by atoms with E-state index in [1.165, 1.54) is 0 Å². The Labute approximate surface area is 124 Å². The molecule has 0 bridgehead atoms. The molecule has 1 aliphatic rings. The van der Waals surface area contributed by atoms with Gasteiger partial charge in [-0.25, -0.2) is 0 Å². The third-order valence-electron chi connectivity index (χ3n) is 3.70. The van der Waals surface area contributed by atoms with E-state index in [4.69, 9.17) is 16.9 Å². The molecule has 1 atom stereocenters. The molecule has 20 heavy (non-hydrogen) atoms. The summed E-state index contributed by atoms with van der Waals surface area (Å²) in [4.78, 5) is 12.5. The predicted octanol–water partition coefficient (Wildman–Crippen LogP) is 3.07. The first-order valence-corrected chi connectivity index (χ1v) is 7.25. The van der Waals surface area contributed by atoms with Gasteiger partial charge in [0, 0.05) is 5.69 Å². The second-order valence-electron chi connectivity index (χ2n) is 5.12. The zero-order valence-electron chi connectivity index (χ0n) is 11.5. The molecule has 0 aromatic heterocycles. The minimum atomic E-state index is -0.463. The summed E-state index contributed by atoms with van der Waals surface area (Å²) in [7, 11) is 0. The summed E-state index contributed by atoms with van der Waals surface area (Å²) in [6.45, 7) is 2.95. The summed E-state index contributed by atoms with van der Waals surface area (Å²) >= 11 is 5.98. The first-order valence-electron chi connectivity index (χ1n) is 6.87. The van der Waals surface area contributed by atoms with Crippen molar-refractivity contribution in [2.75, 3.05) is 11.9 Å². The molecule has 4 nitrogen and oxygen atoms in total. The lowest BCUT2D eigenvalue weighted by molar-refractivity contribution is -0.122. The van der Waals surface area contributed by atoms with Crippen LogP contribution in [0.2, 0.25) is 5.02 Å². The Bertz CT molecular complexity index is 545. The smallest absolute Gasteiger partial charge is 0.244 e. The van der Waals surface area contributed by atoms with Gasteiger partial charge in [-0.15, -0.1) is 0 Å². The fourth-order valence-electron chi connectivity index (χ4n) is 2.69. The number of halogens is 1. The van der Waals surface area contributed by atoms with E-state index >= 15 is 0 Å². The summed E-state index contributed by atoms with van der Waals surface area (Å²) in [5.74, 6) is -0.0161. The molecule has 0 spiro atoms. The SMILES string of the molecule is CCCC1(C(=O)Nc2ccc(C#N)c(Cl)c2)CCCN1. The monoisotopic (exact) mass is 291 g/mol. The summed E-state index contributed by atoms with van der Waals surface area (Å²) in [6, 6.07) is 6.94. The van der Waals surface area contributed by atoms with Crippen molar-refractivity contribution in [3.05, 3.63) is 28.8 Å². The Morgan fingerprint density at radius 3 is 2.95 bits per heavy atom. The Balaban J connectivity index is 2.14. The van der Waals surface area contributed by atoms with Gasteiger partial charge in [0.05, 0.1) is 16.1 Å². The highest BCUT2D eigenvalue weighted by Gasteiger charge is 2.39. The van der Waals surface area contributed by atoms with Gasteiger partial charge in [-0.3, -0.25) is 4.79 Å². The first-order chi connectivity index (χ1) is 9.61. The van der Waals surface area contributed by atoms with Crippen LogP contribution in [0, 0.1) is 11.3 Å². The van der Waals surface area contributed by atoms with Gasteiger partial charge in [0.1, 0.15) is 6.07 Å². The molecule has 1 aromatic carbocycles. The van der Waals surface area contributed by atoms with Crippen molar-refractivity contribution in [2.24, 2.45) is 0 Å². The van der Waals surface area contributed by atoms with E-state index in [9.17, 15) is 4.79 Å². The third kappa shape index (κ3) is 2.95. The Kier molecular flexibility index (Phi) is 4.64. The van der Waals surface area contributed by atoms with Crippen LogP contribution in [0.25, 0.3) is 0 Å². The van der Waals surface area contributed by atoms with Crippen LogP contribution in [-0.2, 0) is 4.79 Å². The van der Waals surface area contributed by atoms with Gasteiger partial charge in [-0.05, 0) is 44.0 Å². The highest BCUT2D eigenvalue weighted by molar-refractivity contribution is 6.32. The minimum absolute atomic E-state index is 0.0161. The number of amides is 1. The highest BCUT2D eigenvalue weighted by atomic mass is 35.5. The topological polar surface area (TPSA) is 64.9 Å². The van der Waals surface area contributed by atoms with Gasteiger partial charge < -0.3 is 10.6 Å². The molecule has 1 unspecified atom stereocenters. The predicted molar refractivity (Wildman–Crippen MR) is 79.7 cm³/mol. The molecule has 2 N–H and O–H groups in total. The first kappa shape index (κ1) is 14.8. The normalized spacial score (nSPS) is 21.4. The largest absolute Gasteiger partial charge is 0.324 e. The van der Waals surface area contributed by atoms with E-state index in [0.29, 0.717) is 16.3 Å². The van der Waals surface area contributed by atoms with Crippen LogP contribution >= 0.6 is 11.6 Å². The van der Waals surface area contributed by atoms with Gasteiger partial charge in [0.25, 0.3) is 0 Å². The molecule has 0 saturated carbocycles. The van der Waals surface area contributed by atoms with Crippen LogP contribution in [0.5, 0.6) is 0 Å². The van der Waals surface area contributed by atoms with Crippen molar-refractivity contribution >= 4 is 23.2 Å². The van der Waals surface area contributed by atoms with E-state index in [0.717, 1.165) is 32.2 Å². The van der Waals surface area contributed by atoms with Crippen LogP contribution in [0.4, 0.5) is 5.69 Å². The lowest BCUT2D eigenvalue weighted by Gasteiger charge is -2.27. The zero-order chi connectivity index (χ0) is 14.6. The number of hydrogen-bond donors (Lipinski definition) is 2. The average molecular weight is 292 g/mol. The molecule has 1 aliphatic heterocycles. The molecular formula is C15H18ClN3O. The maximum absolute atomic E-state index is 12.5. The third-order valence-corrected chi connectivity index (χ3v) is 4.02.